The number of hydrogen-bond acceptors (Lipinski definition) is 6. The minimum Gasteiger partial charge on any atom is -0.367 e. The Hall–Kier alpha value is -2.49. The molecule has 0 saturated heterocycles. The molecule has 0 unspecified atom stereocenters. The number of nitrogens with one attached hydrogen (secondary N) is 1. The largest absolute Gasteiger partial charge is 0.367 e. The molecule has 3 aromatic heterocycles. The predicted molar refractivity (Wildman–Crippen MR) is 133 cm³/mol. The Morgan fingerprint density at radius 1 is 1.06 bits per heavy atom. The Morgan fingerprint density at radius 3 is 2.58 bits per heavy atom. The summed E-state index contributed by atoms with van der Waals surface area (Å²) in [6.07, 6.45) is 8.87. The number of nitrogens with zero attached hydrogens (tertiary/aromatic N) is 4. The summed E-state index contributed by atoms with van der Waals surface area (Å²) in [5.41, 5.74) is 2.02. The first-order valence-electron chi connectivity index (χ1n) is 10.7. The number of anilines is 1. The summed E-state index contributed by atoms with van der Waals surface area (Å²) in [5.74, 6) is 0.666. The van der Waals surface area contributed by atoms with Crippen molar-refractivity contribution in [1.82, 2.24) is 18.9 Å². The van der Waals surface area contributed by atoms with Crippen molar-refractivity contribution in [3.8, 4) is 11.1 Å². The van der Waals surface area contributed by atoms with Gasteiger partial charge in [-0.2, -0.15) is 0 Å². The van der Waals surface area contributed by atoms with Crippen LogP contribution in [0, 0.1) is 0 Å². The van der Waals surface area contributed by atoms with E-state index in [0.717, 1.165) is 12.8 Å². The first-order chi connectivity index (χ1) is 15.9. The summed E-state index contributed by atoms with van der Waals surface area (Å²) < 4.78 is 28.5. The molecule has 0 amide bonds. The molecule has 1 aliphatic carbocycles. The summed E-state index contributed by atoms with van der Waals surface area (Å²) in [6, 6.07) is 12.2. The highest BCUT2D eigenvalue weighted by molar-refractivity contribution is 9.10. The molecular weight excluding hydrogens is 526 g/mol. The minimum atomic E-state index is -3.87. The second-order valence-corrected chi connectivity index (χ2v) is 11.1. The van der Waals surface area contributed by atoms with Crippen molar-refractivity contribution in [2.45, 2.75) is 43.0 Å². The van der Waals surface area contributed by atoms with Gasteiger partial charge in [0.2, 0.25) is 0 Å². The molecule has 4 aromatic rings. The van der Waals surface area contributed by atoms with E-state index in [1.54, 1.807) is 42.6 Å². The van der Waals surface area contributed by atoms with Gasteiger partial charge < -0.3 is 5.32 Å². The summed E-state index contributed by atoms with van der Waals surface area (Å²) in [4.78, 5) is 13.5. The van der Waals surface area contributed by atoms with Crippen molar-refractivity contribution < 1.29 is 8.42 Å². The summed E-state index contributed by atoms with van der Waals surface area (Å²) in [7, 11) is -3.87. The Labute approximate surface area is 205 Å². The van der Waals surface area contributed by atoms with Crippen LogP contribution in [0.2, 0.25) is 5.15 Å². The number of aromatic nitrogens is 4. The molecule has 0 radical (unpaired) electrons. The van der Waals surface area contributed by atoms with Crippen molar-refractivity contribution in [1.29, 1.82) is 0 Å². The third kappa shape index (κ3) is 4.49. The molecule has 33 heavy (non-hydrogen) atoms. The highest BCUT2D eigenvalue weighted by Crippen LogP contribution is 2.34. The van der Waals surface area contributed by atoms with Gasteiger partial charge in [-0.15, -0.1) is 0 Å². The number of halogens is 2. The lowest BCUT2D eigenvalue weighted by molar-refractivity contribution is 0.462. The zero-order valence-corrected chi connectivity index (χ0v) is 20.7. The predicted octanol–water partition coefficient (Wildman–Crippen LogP) is 5.89. The van der Waals surface area contributed by atoms with E-state index in [1.807, 2.05) is 6.07 Å². The fraction of sp³-hybridized carbons (Fsp3) is 0.261. The zero-order valence-electron chi connectivity index (χ0n) is 17.6. The van der Waals surface area contributed by atoms with E-state index in [0.29, 0.717) is 38.3 Å². The van der Waals surface area contributed by atoms with Gasteiger partial charge in [0, 0.05) is 17.8 Å². The number of fused-ring (bicyclic) bond motifs is 1. The van der Waals surface area contributed by atoms with Gasteiger partial charge in [0.25, 0.3) is 10.0 Å². The Kier molecular flexibility index (Phi) is 6.11. The van der Waals surface area contributed by atoms with Crippen molar-refractivity contribution in [2.75, 3.05) is 5.32 Å². The number of rotatable bonds is 5. The van der Waals surface area contributed by atoms with Crippen LogP contribution in [-0.2, 0) is 10.0 Å². The molecule has 1 saturated carbocycles. The topological polar surface area (TPSA) is 89.8 Å². The molecule has 10 heteroatoms. The van der Waals surface area contributed by atoms with E-state index in [2.05, 4.69) is 36.2 Å². The van der Waals surface area contributed by atoms with Crippen LogP contribution in [0.3, 0.4) is 0 Å². The average Bonchev–Trinajstić information content (AvgIpc) is 3.19. The molecular formula is C23H21BrClN5O2S. The molecule has 1 N–H and O–H groups in total. The van der Waals surface area contributed by atoms with Gasteiger partial charge >= 0.3 is 0 Å². The fourth-order valence-corrected chi connectivity index (χ4v) is 6.05. The van der Waals surface area contributed by atoms with Crippen LogP contribution >= 0.6 is 27.5 Å². The summed E-state index contributed by atoms with van der Waals surface area (Å²) >= 11 is 9.73. The number of benzene rings is 1. The molecule has 1 aromatic carbocycles. The lowest BCUT2D eigenvalue weighted by Gasteiger charge is -2.23. The standard InChI is InChI=1S/C23H21BrClN5O2S/c24-19-13-26-23-22(28-19)18(14-30(23)33(31,32)17-9-5-2-6-10-17)15-11-20(25)29-21(12-15)27-16-7-3-1-4-8-16/h2,5-6,9-14,16H,1,3-4,7-8H2,(H,27,29). The van der Waals surface area contributed by atoms with Crippen molar-refractivity contribution in [2.24, 2.45) is 0 Å². The first kappa shape index (κ1) is 22.3. The molecule has 7 nitrogen and oxygen atoms in total. The molecule has 0 atom stereocenters. The number of pyridine rings is 1. The Morgan fingerprint density at radius 2 is 1.82 bits per heavy atom. The molecule has 0 bridgehead atoms. The average molecular weight is 547 g/mol. The molecule has 0 spiro atoms. The van der Waals surface area contributed by atoms with Gasteiger partial charge in [-0.3, -0.25) is 0 Å². The van der Waals surface area contributed by atoms with Crippen LogP contribution in [0.5, 0.6) is 0 Å². The van der Waals surface area contributed by atoms with Crippen LogP contribution in [0.25, 0.3) is 22.3 Å². The van der Waals surface area contributed by atoms with Crippen LogP contribution in [-0.4, -0.2) is 33.4 Å². The van der Waals surface area contributed by atoms with Gasteiger partial charge in [-0.25, -0.2) is 27.3 Å². The van der Waals surface area contributed by atoms with Crippen LogP contribution in [0.4, 0.5) is 5.82 Å². The molecule has 1 fully saturated rings. The van der Waals surface area contributed by atoms with Crippen LogP contribution in [0.1, 0.15) is 32.1 Å². The minimum absolute atomic E-state index is 0.172. The van der Waals surface area contributed by atoms with E-state index in [4.69, 9.17) is 11.6 Å². The van der Waals surface area contributed by atoms with Crippen molar-refractivity contribution in [3.63, 3.8) is 0 Å². The second-order valence-electron chi connectivity index (χ2n) is 8.06. The van der Waals surface area contributed by atoms with Crippen molar-refractivity contribution in [3.05, 3.63) is 64.6 Å². The van der Waals surface area contributed by atoms with E-state index in [9.17, 15) is 8.42 Å². The fourth-order valence-electron chi connectivity index (χ4n) is 4.23. The van der Waals surface area contributed by atoms with E-state index < -0.39 is 10.0 Å². The van der Waals surface area contributed by atoms with Gasteiger partial charge in [0.1, 0.15) is 21.1 Å². The van der Waals surface area contributed by atoms with E-state index >= 15 is 0 Å². The van der Waals surface area contributed by atoms with Crippen molar-refractivity contribution >= 4 is 54.5 Å². The SMILES string of the molecule is O=S(=O)(c1ccccc1)n1cc(-c2cc(Cl)nc(NC3CCCCC3)c2)c2nc(Br)cnc21. The zero-order chi connectivity index (χ0) is 23.0. The summed E-state index contributed by atoms with van der Waals surface area (Å²) in [5, 5.41) is 3.81. The lowest BCUT2D eigenvalue weighted by atomic mass is 9.95. The maximum absolute atomic E-state index is 13.4. The molecule has 0 aliphatic heterocycles. The van der Waals surface area contributed by atoms with E-state index in [1.165, 1.54) is 29.4 Å². The number of hydrogen-bond donors (Lipinski definition) is 1. The monoisotopic (exact) mass is 545 g/mol. The maximum Gasteiger partial charge on any atom is 0.269 e. The molecule has 3 heterocycles. The van der Waals surface area contributed by atoms with Gasteiger partial charge in [0.15, 0.2) is 5.65 Å². The third-order valence-corrected chi connectivity index (χ3v) is 8.04. The normalized spacial score (nSPS) is 15.1. The molecule has 5 rings (SSSR count). The smallest absolute Gasteiger partial charge is 0.269 e. The second kappa shape index (κ2) is 9.04. The molecule has 1 aliphatic rings. The highest BCUT2D eigenvalue weighted by Gasteiger charge is 2.24. The third-order valence-electron chi connectivity index (χ3n) is 5.80. The summed E-state index contributed by atoms with van der Waals surface area (Å²) in [6.45, 7) is 0. The van der Waals surface area contributed by atoms with E-state index in [-0.39, 0.29) is 10.5 Å². The van der Waals surface area contributed by atoms with Gasteiger partial charge in [-0.05, 0) is 58.6 Å². The Balaban J connectivity index is 1.64. The van der Waals surface area contributed by atoms with Crippen LogP contribution < -0.4 is 5.32 Å². The molecule has 170 valence electrons. The van der Waals surface area contributed by atoms with Crippen LogP contribution in [0.15, 0.2) is 64.4 Å². The quantitative estimate of drug-likeness (QED) is 0.314. The van der Waals surface area contributed by atoms with Gasteiger partial charge in [-0.1, -0.05) is 49.1 Å². The Bertz CT molecular complexity index is 1420. The first-order valence-corrected chi connectivity index (χ1v) is 13.3. The van der Waals surface area contributed by atoms with Gasteiger partial charge in [0.05, 0.1) is 11.1 Å². The highest BCUT2D eigenvalue weighted by atomic mass is 79.9. The lowest BCUT2D eigenvalue weighted by Crippen LogP contribution is -2.22. The maximum atomic E-state index is 13.4.